The molecule has 3 rings (SSSR count). The number of rotatable bonds is 5. The van der Waals surface area contributed by atoms with Crippen molar-refractivity contribution >= 4 is 17.7 Å². The summed E-state index contributed by atoms with van der Waals surface area (Å²) in [6.07, 6.45) is -0.451. The second-order valence-electron chi connectivity index (χ2n) is 5.72. The summed E-state index contributed by atoms with van der Waals surface area (Å²) in [5.74, 6) is 0.612. The summed E-state index contributed by atoms with van der Waals surface area (Å²) in [5.41, 5.74) is 2.46. The molecule has 2 aromatic rings. The SMILES string of the molecule is O=C(/C=C/c1ccc2c(c1)CCO2)Nc1ccc(OCC(F)(F)F)cc1. The number of carbonyl (C=O) groups excluding carboxylic acids is 1. The molecule has 0 unspecified atom stereocenters. The van der Waals surface area contributed by atoms with E-state index in [2.05, 4.69) is 10.1 Å². The first-order valence-corrected chi connectivity index (χ1v) is 7.93. The van der Waals surface area contributed by atoms with Gasteiger partial charge in [0.1, 0.15) is 11.5 Å². The molecule has 7 heteroatoms. The molecule has 1 heterocycles. The molecule has 0 saturated heterocycles. The van der Waals surface area contributed by atoms with Crippen LogP contribution >= 0.6 is 0 Å². The van der Waals surface area contributed by atoms with Crippen molar-refractivity contribution in [2.75, 3.05) is 18.5 Å². The monoisotopic (exact) mass is 363 g/mol. The maximum Gasteiger partial charge on any atom is 0.422 e. The minimum absolute atomic E-state index is 0.0798. The lowest BCUT2D eigenvalue weighted by molar-refractivity contribution is -0.153. The molecule has 2 aromatic carbocycles. The Morgan fingerprint density at radius 2 is 1.96 bits per heavy atom. The Balaban J connectivity index is 1.54. The fourth-order valence-corrected chi connectivity index (χ4v) is 2.47. The Morgan fingerprint density at radius 1 is 1.19 bits per heavy atom. The van der Waals surface area contributed by atoms with Gasteiger partial charge in [-0.1, -0.05) is 6.07 Å². The number of benzene rings is 2. The van der Waals surface area contributed by atoms with E-state index in [0.717, 1.165) is 23.3 Å². The van der Waals surface area contributed by atoms with Crippen LogP contribution in [0.2, 0.25) is 0 Å². The van der Waals surface area contributed by atoms with E-state index in [9.17, 15) is 18.0 Å². The molecule has 1 aliphatic heterocycles. The topological polar surface area (TPSA) is 47.6 Å². The number of halogens is 3. The number of carbonyl (C=O) groups is 1. The molecule has 0 bridgehead atoms. The van der Waals surface area contributed by atoms with Gasteiger partial charge in [-0.15, -0.1) is 0 Å². The smallest absolute Gasteiger partial charge is 0.422 e. The van der Waals surface area contributed by atoms with Crippen LogP contribution in [0.4, 0.5) is 18.9 Å². The molecule has 0 spiro atoms. The van der Waals surface area contributed by atoms with Gasteiger partial charge in [0.2, 0.25) is 5.91 Å². The zero-order chi connectivity index (χ0) is 18.6. The summed E-state index contributed by atoms with van der Waals surface area (Å²) in [5, 5.41) is 2.64. The van der Waals surface area contributed by atoms with Crippen molar-refractivity contribution in [2.45, 2.75) is 12.6 Å². The van der Waals surface area contributed by atoms with Crippen LogP contribution in [0, 0.1) is 0 Å². The van der Waals surface area contributed by atoms with Gasteiger partial charge in [-0.2, -0.15) is 13.2 Å². The number of ether oxygens (including phenoxy) is 2. The fourth-order valence-electron chi connectivity index (χ4n) is 2.47. The van der Waals surface area contributed by atoms with Crippen LogP contribution in [0.1, 0.15) is 11.1 Å². The molecule has 26 heavy (non-hydrogen) atoms. The molecule has 1 aliphatic rings. The van der Waals surface area contributed by atoms with Crippen LogP contribution in [-0.4, -0.2) is 25.3 Å². The zero-order valence-corrected chi connectivity index (χ0v) is 13.7. The van der Waals surface area contributed by atoms with Crippen LogP contribution in [0.15, 0.2) is 48.5 Å². The second kappa shape index (κ2) is 7.51. The van der Waals surface area contributed by atoms with Crippen LogP contribution in [0.3, 0.4) is 0 Å². The van der Waals surface area contributed by atoms with E-state index < -0.39 is 12.8 Å². The summed E-state index contributed by atoms with van der Waals surface area (Å²) in [7, 11) is 0. The van der Waals surface area contributed by atoms with Gasteiger partial charge in [-0.05, 0) is 53.6 Å². The standard InChI is InChI=1S/C19H16F3NO3/c20-19(21,22)12-26-16-5-3-15(4-6-16)23-18(24)8-2-13-1-7-17-14(11-13)9-10-25-17/h1-8,11H,9-10,12H2,(H,23,24)/b8-2+. The van der Waals surface area contributed by atoms with E-state index in [-0.39, 0.29) is 11.7 Å². The largest absolute Gasteiger partial charge is 0.493 e. The Hall–Kier alpha value is -2.96. The van der Waals surface area contributed by atoms with Crippen molar-refractivity contribution in [3.05, 3.63) is 59.7 Å². The molecule has 0 saturated carbocycles. The lowest BCUT2D eigenvalue weighted by atomic mass is 10.1. The maximum absolute atomic E-state index is 12.1. The molecule has 136 valence electrons. The van der Waals surface area contributed by atoms with E-state index >= 15 is 0 Å². The van der Waals surface area contributed by atoms with Gasteiger partial charge in [-0.25, -0.2) is 0 Å². The number of amides is 1. The maximum atomic E-state index is 12.1. The zero-order valence-electron chi connectivity index (χ0n) is 13.7. The second-order valence-corrected chi connectivity index (χ2v) is 5.72. The number of hydrogen-bond acceptors (Lipinski definition) is 3. The summed E-state index contributed by atoms with van der Waals surface area (Å²) in [4.78, 5) is 12.0. The van der Waals surface area contributed by atoms with Gasteiger partial charge >= 0.3 is 6.18 Å². The third kappa shape index (κ3) is 5.02. The molecule has 1 N–H and O–H groups in total. The van der Waals surface area contributed by atoms with Crippen LogP contribution in [-0.2, 0) is 11.2 Å². The van der Waals surface area contributed by atoms with Crippen molar-refractivity contribution in [1.29, 1.82) is 0 Å². The van der Waals surface area contributed by atoms with Gasteiger partial charge in [0.05, 0.1) is 6.61 Å². The van der Waals surface area contributed by atoms with Crippen molar-refractivity contribution in [3.8, 4) is 11.5 Å². The normalized spacial score (nSPS) is 13.3. The lowest BCUT2D eigenvalue weighted by Gasteiger charge is -2.09. The van der Waals surface area contributed by atoms with E-state index in [1.165, 1.54) is 30.3 Å². The number of alkyl halides is 3. The van der Waals surface area contributed by atoms with Crippen molar-refractivity contribution < 1.29 is 27.4 Å². The van der Waals surface area contributed by atoms with E-state index in [4.69, 9.17) is 4.74 Å². The molecule has 4 nitrogen and oxygen atoms in total. The minimum Gasteiger partial charge on any atom is -0.493 e. The number of nitrogens with one attached hydrogen (secondary N) is 1. The molecular formula is C19H16F3NO3. The highest BCUT2D eigenvalue weighted by Gasteiger charge is 2.28. The Morgan fingerprint density at radius 3 is 2.69 bits per heavy atom. The quantitative estimate of drug-likeness (QED) is 0.810. The summed E-state index contributed by atoms with van der Waals surface area (Å²) in [6, 6.07) is 11.4. The number of anilines is 1. The van der Waals surface area contributed by atoms with Crippen LogP contribution in [0.25, 0.3) is 6.08 Å². The highest BCUT2D eigenvalue weighted by Crippen LogP contribution is 2.26. The Kier molecular flexibility index (Phi) is 5.16. The summed E-state index contributed by atoms with van der Waals surface area (Å²) >= 11 is 0. The Bertz CT molecular complexity index is 814. The molecule has 1 amide bonds. The van der Waals surface area contributed by atoms with Crippen LogP contribution in [0.5, 0.6) is 11.5 Å². The fraction of sp³-hybridized carbons (Fsp3) is 0.211. The van der Waals surface area contributed by atoms with Gasteiger partial charge in [0, 0.05) is 18.2 Å². The van der Waals surface area contributed by atoms with Crippen LogP contribution < -0.4 is 14.8 Å². The highest BCUT2D eigenvalue weighted by atomic mass is 19.4. The van der Waals surface area contributed by atoms with E-state index in [1.54, 1.807) is 6.08 Å². The average Bonchev–Trinajstić information content (AvgIpc) is 3.06. The highest BCUT2D eigenvalue weighted by molar-refractivity contribution is 6.01. The van der Waals surface area contributed by atoms with Gasteiger partial charge < -0.3 is 14.8 Å². The molecular weight excluding hydrogens is 347 g/mol. The lowest BCUT2D eigenvalue weighted by Crippen LogP contribution is -2.19. The first-order valence-electron chi connectivity index (χ1n) is 7.93. The number of hydrogen-bond donors (Lipinski definition) is 1. The Labute approximate surface area is 148 Å². The molecule has 0 fully saturated rings. The third-order valence-corrected chi connectivity index (χ3v) is 3.67. The number of fused-ring (bicyclic) bond motifs is 1. The first-order chi connectivity index (χ1) is 12.4. The predicted octanol–water partition coefficient (Wildman–Crippen LogP) is 4.21. The molecule has 0 radical (unpaired) electrons. The molecule has 0 aromatic heterocycles. The molecule has 0 aliphatic carbocycles. The van der Waals surface area contributed by atoms with Gasteiger partial charge in [-0.3, -0.25) is 4.79 Å². The van der Waals surface area contributed by atoms with Gasteiger partial charge in [0.15, 0.2) is 6.61 Å². The average molecular weight is 363 g/mol. The predicted molar refractivity (Wildman–Crippen MR) is 91.3 cm³/mol. The summed E-state index contributed by atoms with van der Waals surface area (Å²) in [6.45, 7) is -0.682. The molecule has 0 atom stereocenters. The van der Waals surface area contributed by atoms with Crippen molar-refractivity contribution in [2.24, 2.45) is 0 Å². The van der Waals surface area contributed by atoms with E-state index in [1.807, 2.05) is 18.2 Å². The van der Waals surface area contributed by atoms with E-state index in [0.29, 0.717) is 12.3 Å². The minimum atomic E-state index is -4.39. The van der Waals surface area contributed by atoms with Crippen molar-refractivity contribution in [3.63, 3.8) is 0 Å². The first kappa shape index (κ1) is 17.8. The van der Waals surface area contributed by atoms with Crippen molar-refractivity contribution in [1.82, 2.24) is 0 Å². The third-order valence-electron chi connectivity index (χ3n) is 3.67. The van der Waals surface area contributed by atoms with Gasteiger partial charge in [0.25, 0.3) is 0 Å². The summed E-state index contributed by atoms with van der Waals surface area (Å²) < 4.78 is 46.3.